The van der Waals surface area contributed by atoms with E-state index in [1.165, 1.54) is 18.4 Å². The smallest absolute Gasteiger partial charge is 0.127 e. The highest BCUT2D eigenvalue weighted by Crippen LogP contribution is 2.50. The largest absolute Gasteiger partial charge is 0.312 e. The van der Waals surface area contributed by atoms with Crippen molar-refractivity contribution in [3.8, 4) is 0 Å². The number of rotatable bonds is 0. The molecule has 76 valence electrons. The molecule has 0 amide bonds. The van der Waals surface area contributed by atoms with Crippen LogP contribution in [0.1, 0.15) is 24.0 Å². The number of hydrogen-bond acceptors (Lipinski definition) is 1. The molecule has 1 aromatic carbocycles. The molecule has 1 saturated carbocycles. The summed E-state index contributed by atoms with van der Waals surface area (Å²) in [6, 6.07) is 5.48. The number of fused-ring (bicyclic) bond motifs is 2. The Hall–Kier alpha value is -0.600. The highest BCUT2D eigenvalue weighted by Gasteiger charge is 2.47. The molecule has 2 aliphatic rings. The molecule has 1 spiro atoms. The Morgan fingerprint density at radius 1 is 1.29 bits per heavy atom. The summed E-state index contributed by atoms with van der Waals surface area (Å²) in [5, 5.41) is 3.29. The Bertz CT molecular complexity index is 360. The van der Waals surface area contributed by atoms with E-state index in [-0.39, 0.29) is 18.2 Å². The van der Waals surface area contributed by atoms with Gasteiger partial charge in [-0.15, -0.1) is 12.4 Å². The number of benzene rings is 1. The molecule has 3 heteroatoms. The topological polar surface area (TPSA) is 12.0 Å². The zero-order valence-electron chi connectivity index (χ0n) is 7.85. The Labute approximate surface area is 89.1 Å². The van der Waals surface area contributed by atoms with Crippen LogP contribution in [0.15, 0.2) is 18.2 Å². The van der Waals surface area contributed by atoms with Crippen molar-refractivity contribution >= 4 is 12.4 Å². The van der Waals surface area contributed by atoms with Crippen LogP contribution in [0.3, 0.4) is 0 Å². The molecule has 1 aromatic rings. The second kappa shape index (κ2) is 3.21. The summed E-state index contributed by atoms with van der Waals surface area (Å²) in [7, 11) is 0. The molecule has 0 atom stereocenters. The van der Waals surface area contributed by atoms with Crippen molar-refractivity contribution in [3.05, 3.63) is 35.1 Å². The molecule has 0 radical (unpaired) electrons. The second-order valence-electron chi connectivity index (χ2n) is 4.15. The average molecular weight is 214 g/mol. The van der Waals surface area contributed by atoms with Crippen molar-refractivity contribution in [1.82, 2.24) is 5.32 Å². The van der Waals surface area contributed by atoms with E-state index in [1.807, 2.05) is 6.07 Å². The van der Waals surface area contributed by atoms with Crippen molar-refractivity contribution in [2.45, 2.75) is 24.8 Å². The molecule has 1 heterocycles. The third-order valence-corrected chi connectivity index (χ3v) is 3.31. The summed E-state index contributed by atoms with van der Waals surface area (Å²) >= 11 is 0. The lowest BCUT2D eigenvalue weighted by atomic mass is 9.88. The van der Waals surface area contributed by atoms with Crippen LogP contribution < -0.4 is 5.32 Å². The molecule has 1 nitrogen and oxygen atoms in total. The van der Waals surface area contributed by atoms with Gasteiger partial charge in [-0.2, -0.15) is 0 Å². The zero-order chi connectivity index (χ0) is 8.89. The molecule has 1 N–H and O–H groups in total. The Morgan fingerprint density at radius 3 is 2.79 bits per heavy atom. The number of nitrogens with one attached hydrogen (secondary N) is 1. The van der Waals surface area contributed by atoms with Gasteiger partial charge in [0.15, 0.2) is 0 Å². The van der Waals surface area contributed by atoms with Gasteiger partial charge >= 0.3 is 0 Å². The normalized spacial score (nSPS) is 21.2. The van der Waals surface area contributed by atoms with E-state index < -0.39 is 0 Å². The maximum Gasteiger partial charge on any atom is 0.127 e. The molecule has 0 bridgehead atoms. The molecule has 14 heavy (non-hydrogen) atoms. The van der Waals surface area contributed by atoms with E-state index in [2.05, 4.69) is 11.4 Å². The standard InChI is InChI=1S/C11H12FN.ClH/c12-10-3-1-2-9-8(10)6-13-7-11(9)4-5-11;/h1-3,13H,4-7H2;1H. The van der Waals surface area contributed by atoms with Crippen LogP contribution in [0.25, 0.3) is 0 Å². The highest BCUT2D eigenvalue weighted by atomic mass is 35.5. The van der Waals surface area contributed by atoms with Gasteiger partial charge in [0.25, 0.3) is 0 Å². The van der Waals surface area contributed by atoms with E-state index >= 15 is 0 Å². The summed E-state index contributed by atoms with van der Waals surface area (Å²) in [6.45, 7) is 1.73. The predicted octanol–water partition coefficient (Wildman–Crippen LogP) is 2.38. The van der Waals surface area contributed by atoms with Gasteiger partial charge in [-0.05, 0) is 24.5 Å². The minimum atomic E-state index is -0.0454. The summed E-state index contributed by atoms with van der Waals surface area (Å²) in [4.78, 5) is 0. The maximum atomic E-state index is 13.4. The van der Waals surface area contributed by atoms with Gasteiger partial charge in [-0.1, -0.05) is 12.1 Å². The van der Waals surface area contributed by atoms with Crippen LogP contribution in [0, 0.1) is 5.82 Å². The fourth-order valence-corrected chi connectivity index (χ4v) is 2.35. The monoisotopic (exact) mass is 213 g/mol. The molecule has 0 aromatic heterocycles. The molecule has 1 aliphatic carbocycles. The first-order valence-electron chi connectivity index (χ1n) is 4.80. The molecular formula is C11H13ClFN. The number of hydrogen-bond donors (Lipinski definition) is 1. The lowest BCUT2D eigenvalue weighted by molar-refractivity contribution is 0.501. The van der Waals surface area contributed by atoms with Gasteiger partial charge < -0.3 is 5.32 Å². The van der Waals surface area contributed by atoms with Gasteiger partial charge in [-0.25, -0.2) is 4.39 Å². The minimum absolute atomic E-state index is 0. The van der Waals surface area contributed by atoms with Gasteiger partial charge in [-0.3, -0.25) is 0 Å². The molecular weight excluding hydrogens is 201 g/mol. The van der Waals surface area contributed by atoms with Gasteiger partial charge in [0.2, 0.25) is 0 Å². The maximum absolute atomic E-state index is 13.4. The van der Waals surface area contributed by atoms with Crippen LogP contribution in [0.5, 0.6) is 0 Å². The van der Waals surface area contributed by atoms with Crippen LogP contribution in [0.4, 0.5) is 4.39 Å². The quantitative estimate of drug-likeness (QED) is 0.698. The third kappa shape index (κ3) is 1.25. The van der Waals surface area contributed by atoms with Crippen molar-refractivity contribution in [2.75, 3.05) is 6.54 Å². The van der Waals surface area contributed by atoms with E-state index in [9.17, 15) is 4.39 Å². The van der Waals surface area contributed by atoms with Crippen LogP contribution >= 0.6 is 12.4 Å². The summed E-state index contributed by atoms with van der Waals surface area (Å²) in [6.07, 6.45) is 2.44. The Kier molecular flexibility index (Phi) is 2.28. The Morgan fingerprint density at radius 2 is 2.07 bits per heavy atom. The molecule has 0 unspecified atom stereocenters. The first kappa shape index (κ1) is 9.94. The fourth-order valence-electron chi connectivity index (χ4n) is 2.35. The third-order valence-electron chi connectivity index (χ3n) is 3.31. The van der Waals surface area contributed by atoms with Crippen LogP contribution in [-0.2, 0) is 12.0 Å². The van der Waals surface area contributed by atoms with E-state index in [0.717, 1.165) is 12.1 Å². The van der Waals surface area contributed by atoms with Crippen molar-refractivity contribution < 1.29 is 4.39 Å². The van der Waals surface area contributed by atoms with E-state index in [1.54, 1.807) is 6.07 Å². The molecule has 0 saturated heterocycles. The van der Waals surface area contributed by atoms with E-state index in [0.29, 0.717) is 12.0 Å². The second-order valence-corrected chi connectivity index (χ2v) is 4.15. The molecule has 1 fully saturated rings. The van der Waals surface area contributed by atoms with Crippen molar-refractivity contribution in [3.63, 3.8) is 0 Å². The van der Waals surface area contributed by atoms with Crippen molar-refractivity contribution in [1.29, 1.82) is 0 Å². The first-order chi connectivity index (χ1) is 6.32. The fraction of sp³-hybridized carbons (Fsp3) is 0.455. The van der Waals surface area contributed by atoms with Gasteiger partial charge in [0.1, 0.15) is 5.82 Å². The summed E-state index contributed by atoms with van der Waals surface area (Å²) < 4.78 is 13.4. The van der Waals surface area contributed by atoms with Gasteiger partial charge in [0, 0.05) is 24.1 Å². The number of halogens is 2. The SMILES string of the molecule is Cl.Fc1cccc2c1CNCC21CC1. The lowest BCUT2D eigenvalue weighted by Crippen LogP contribution is -2.33. The summed E-state index contributed by atoms with van der Waals surface area (Å²) in [5.74, 6) is -0.0454. The van der Waals surface area contributed by atoms with Crippen LogP contribution in [0.2, 0.25) is 0 Å². The van der Waals surface area contributed by atoms with Crippen LogP contribution in [-0.4, -0.2) is 6.54 Å². The average Bonchev–Trinajstić information content (AvgIpc) is 2.89. The zero-order valence-corrected chi connectivity index (χ0v) is 8.66. The van der Waals surface area contributed by atoms with E-state index in [4.69, 9.17) is 0 Å². The lowest BCUT2D eigenvalue weighted by Gasteiger charge is -2.26. The predicted molar refractivity (Wildman–Crippen MR) is 56.3 cm³/mol. The van der Waals surface area contributed by atoms with Crippen molar-refractivity contribution in [2.24, 2.45) is 0 Å². The molecule has 3 rings (SSSR count). The molecule has 1 aliphatic heterocycles. The Balaban J connectivity index is 0.000000750. The summed E-state index contributed by atoms with van der Waals surface area (Å²) in [5.41, 5.74) is 2.45. The highest BCUT2D eigenvalue weighted by molar-refractivity contribution is 5.85. The first-order valence-corrected chi connectivity index (χ1v) is 4.80. The van der Waals surface area contributed by atoms with Gasteiger partial charge in [0.05, 0.1) is 0 Å². The minimum Gasteiger partial charge on any atom is -0.312 e.